The maximum Gasteiger partial charge on any atom is 0.258 e. The molecule has 0 aliphatic heterocycles. The number of amides is 1. The Kier molecular flexibility index (Phi) is 4.76. The molecule has 1 N–H and O–H groups in total. The Bertz CT molecular complexity index is 923. The molecule has 0 radical (unpaired) electrons. The van der Waals surface area contributed by atoms with Gasteiger partial charge in [-0.15, -0.1) is 0 Å². The maximum absolute atomic E-state index is 12.4. The molecule has 0 spiro atoms. The average Bonchev–Trinajstić information content (AvgIpc) is 2.90. The molecular weight excluding hydrogens is 371 g/mol. The molecule has 8 heteroatoms. The van der Waals surface area contributed by atoms with Gasteiger partial charge in [0.25, 0.3) is 5.91 Å². The van der Waals surface area contributed by atoms with Gasteiger partial charge in [-0.2, -0.15) is 5.10 Å². The van der Waals surface area contributed by atoms with Gasteiger partial charge in [-0.25, -0.2) is 9.67 Å². The number of nitrogens with zero attached hydrogens (tertiary/aromatic N) is 3. The molecule has 0 saturated carbocycles. The molecule has 2 aromatic heterocycles. The number of hydrogen-bond acceptors (Lipinski definition) is 3. The largest absolute Gasteiger partial charge is 0.306 e. The van der Waals surface area contributed by atoms with Crippen LogP contribution in [0.25, 0.3) is 5.69 Å². The number of anilines is 1. The first-order valence-electron chi connectivity index (χ1n) is 6.89. The van der Waals surface area contributed by atoms with Gasteiger partial charge in [0, 0.05) is 17.3 Å². The Labute approximate surface area is 153 Å². The minimum atomic E-state index is -0.371. The molecule has 1 amide bonds. The van der Waals surface area contributed by atoms with E-state index in [4.69, 9.17) is 34.8 Å². The third-order valence-electron chi connectivity index (χ3n) is 3.18. The Balaban J connectivity index is 1.93. The van der Waals surface area contributed by atoms with Crippen molar-refractivity contribution < 1.29 is 4.79 Å². The summed E-state index contributed by atoms with van der Waals surface area (Å²) in [4.78, 5) is 16.3. The quantitative estimate of drug-likeness (QED) is 0.664. The predicted octanol–water partition coefficient (Wildman–Crippen LogP) is 4.79. The number of carbonyl (C=O) groups is 1. The fourth-order valence-corrected chi connectivity index (χ4v) is 2.58. The van der Waals surface area contributed by atoms with Crippen LogP contribution in [0, 0.1) is 6.92 Å². The van der Waals surface area contributed by atoms with E-state index in [2.05, 4.69) is 15.4 Å². The van der Waals surface area contributed by atoms with Gasteiger partial charge in [-0.05, 0) is 31.2 Å². The smallest absolute Gasteiger partial charge is 0.258 e. The van der Waals surface area contributed by atoms with Gasteiger partial charge >= 0.3 is 0 Å². The first-order chi connectivity index (χ1) is 11.4. The van der Waals surface area contributed by atoms with E-state index in [1.54, 1.807) is 22.9 Å². The molecule has 0 fully saturated rings. The second-order valence-electron chi connectivity index (χ2n) is 5.01. The molecule has 0 atom stereocenters. The van der Waals surface area contributed by atoms with Crippen LogP contribution in [-0.2, 0) is 0 Å². The summed E-state index contributed by atoms with van der Waals surface area (Å²) in [6.45, 7) is 1.83. The Hall–Kier alpha value is -2.08. The normalized spacial score (nSPS) is 10.7. The van der Waals surface area contributed by atoms with E-state index < -0.39 is 0 Å². The molecule has 24 heavy (non-hydrogen) atoms. The SMILES string of the molecule is Cc1cc(NC(=O)c2cnc(Cl)c(Cl)c2)n(-c2cccc(Cl)c2)n1. The van der Waals surface area contributed by atoms with Gasteiger partial charge < -0.3 is 5.32 Å². The van der Waals surface area contributed by atoms with E-state index in [9.17, 15) is 4.79 Å². The van der Waals surface area contributed by atoms with Crippen molar-refractivity contribution in [2.45, 2.75) is 6.92 Å². The van der Waals surface area contributed by atoms with E-state index in [-0.39, 0.29) is 16.1 Å². The highest BCUT2D eigenvalue weighted by Crippen LogP contribution is 2.22. The van der Waals surface area contributed by atoms with Gasteiger partial charge in [0.15, 0.2) is 0 Å². The fraction of sp³-hybridized carbons (Fsp3) is 0.0625. The van der Waals surface area contributed by atoms with Crippen molar-refractivity contribution >= 4 is 46.5 Å². The fourth-order valence-electron chi connectivity index (χ4n) is 2.13. The number of carbonyl (C=O) groups excluding carboxylic acids is 1. The van der Waals surface area contributed by atoms with Crippen LogP contribution < -0.4 is 5.32 Å². The van der Waals surface area contributed by atoms with Crippen molar-refractivity contribution in [2.75, 3.05) is 5.32 Å². The van der Waals surface area contributed by atoms with Crippen molar-refractivity contribution in [3.8, 4) is 5.69 Å². The Morgan fingerprint density at radius 2 is 1.96 bits per heavy atom. The van der Waals surface area contributed by atoms with Crippen LogP contribution in [0.15, 0.2) is 42.6 Å². The summed E-state index contributed by atoms with van der Waals surface area (Å²) < 4.78 is 1.60. The van der Waals surface area contributed by atoms with E-state index in [0.29, 0.717) is 16.4 Å². The first-order valence-corrected chi connectivity index (χ1v) is 8.02. The average molecular weight is 382 g/mol. The lowest BCUT2D eigenvalue weighted by Crippen LogP contribution is -2.15. The standard InChI is InChI=1S/C16H11Cl3N4O/c1-9-5-14(23(22-9)12-4-2-3-11(17)7-12)21-16(24)10-6-13(18)15(19)20-8-10/h2-8H,1H3,(H,21,24). The molecule has 1 aromatic carbocycles. The number of pyridine rings is 1. The minimum absolute atomic E-state index is 0.146. The molecule has 122 valence electrons. The van der Waals surface area contributed by atoms with Gasteiger partial charge in [-0.3, -0.25) is 4.79 Å². The second-order valence-corrected chi connectivity index (χ2v) is 6.22. The highest BCUT2D eigenvalue weighted by atomic mass is 35.5. The van der Waals surface area contributed by atoms with E-state index >= 15 is 0 Å². The van der Waals surface area contributed by atoms with E-state index in [1.165, 1.54) is 12.3 Å². The molecule has 5 nitrogen and oxygen atoms in total. The van der Waals surface area contributed by atoms with Crippen molar-refractivity contribution in [3.63, 3.8) is 0 Å². The number of rotatable bonds is 3. The first kappa shape index (κ1) is 16.8. The highest BCUT2D eigenvalue weighted by molar-refractivity contribution is 6.41. The summed E-state index contributed by atoms with van der Waals surface area (Å²) in [6.07, 6.45) is 1.36. The van der Waals surface area contributed by atoms with Crippen LogP contribution in [0.5, 0.6) is 0 Å². The minimum Gasteiger partial charge on any atom is -0.306 e. The molecule has 3 aromatic rings. The number of hydrogen-bond donors (Lipinski definition) is 1. The number of benzene rings is 1. The lowest BCUT2D eigenvalue weighted by molar-refractivity contribution is 0.102. The number of aryl methyl sites for hydroxylation is 1. The highest BCUT2D eigenvalue weighted by Gasteiger charge is 2.14. The lowest BCUT2D eigenvalue weighted by atomic mass is 10.2. The molecule has 0 bridgehead atoms. The van der Waals surface area contributed by atoms with Crippen molar-refractivity contribution in [3.05, 3.63) is 69.1 Å². The number of halogens is 3. The van der Waals surface area contributed by atoms with Gasteiger partial charge in [0.2, 0.25) is 0 Å². The zero-order valence-electron chi connectivity index (χ0n) is 12.4. The van der Waals surface area contributed by atoms with E-state index in [1.807, 2.05) is 19.1 Å². The van der Waals surface area contributed by atoms with Crippen LogP contribution >= 0.6 is 34.8 Å². The summed E-state index contributed by atoms with van der Waals surface area (Å²) in [5.41, 5.74) is 1.77. The lowest BCUT2D eigenvalue weighted by Gasteiger charge is -2.09. The van der Waals surface area contributed by atoms with Gasteiger partial charge in [-0.1, -0.05) is 40.9 Å². The molecule has 0 unspecified atom stereocenters. The van der Waals surface area contributed by atoms with Gasteiger partial charge in [0.05, 0.1) is 22.0 Å². The maximum atomic E-state index is 12.4. The zero-order valence-corrected chi connectivity index (χ0v) is 14.7. The Morgan fingerprint density at radius 1 is 1.17 bits per heavy atom. The number of aromatic nitrogens is 3. The van der Waals surface area contributed by atoms with Crippen molar-refractivity contribution in [2.24, 2.45) is 0 Å². The molecule has 3 rings (SSSR count). The van der Waals surface area contributed by atoms with Crippen LogP contribution in [-0.4, -0.2) is 20.7 Å². The molecule has 0 saturated heterocycles. The second kappa shape index (κ2) is 6.81. The van der Waals surface area contributed by atoms with Crippen LogP contribution in [0.1, 0.15) is 16.1 Å². The summed E-state index contributed by atoms with van der Waals surface area (Å²) in [6, 6.07) is 10.4. The molecule has 2 heterocycles. The topological polar surface area (TPSA) is 59.8 Å². The van der Waals surface area contributed by atoms with Crippen molar-refractivity contribution in [1.82, 2.24) is 14.8 Å². The molecule has 0 aliphatic rings. The monoisotopic (exact) mass is 380 g/mol. The Morgan fingerprint density at radius 3 is 2.67 bits per heavy atom. The molecule has 0 aliphatic carbocycles. The van der Waals surface area contributed by atoms with Gasteiger partial charge in [0.1, 0.15) is 11.0 Å². The molecular formula is C16H11Cl3N4O. The number of nitrogens with one attached hydrogen (secondary N) is 1. The summed E-state index contributed by atoms with van der Waals surface area (Å²) in [5, 5.41) is 8.10. The van der Waals surface area contributed by atoms with Crippen LogP contribution in [0.2, 0.25) is 15.2 Å². The van der Waals surface area contributed by atoms with Crippen LogP contribution in [0.3, 0.4) is 0 Å². The summed E-state index contributed by atoms with van der Waals surface area (Å²) in [7, 11) is 0. The van der Waals surface area contributed by atoms with Crippen LogP contribution in [0.4, 0.5) is 5.82 Å². The summed E-state index contributed by atoms with van der Waals surface area (Å²) in [5.74, 6) is 0.134. The van der Waals surface area contributed by atoms with Crippen molar-refractivity contribution in [1.29, 1.82) is 0 Å². The third kappa shape index (κ3) is 3.53. The van der Waals surface area contributed by atoms with E-state index in [0.717, 1.165) is 11.4 Å². The third-order valence-corrected chi connectivity index (χ3v) is 4.11. The zero-order chi connectivity index (χ0) is 17.3. The summed E-state index contributed by atoms with van der Waals surface area (Å²) >= 11 is 17.7. The predicted molar refractivity (Wildman–Crippen MR) is 95.5 cm³/mol.